The standard InChI is InChI=1S/C16H14O3S/c17-15-11-19-16-10-12(6-7-14(15)16)18-8-9-20-13-4-2-1-3-5-13/h1-7,10H,8-9,11H2. The van der Waals surface area contributed by atoms with Gasteiger partial charge in [-0.1, -0.05) is 18.2 Å². The Hall–Kier alpha value is -1.94. The van der Waals surface area contributed by atoms with Gasteiger partial charge in [-0.2, -0.15) is 0 Å². The fraction of sp³-hybridized carbons (Fsp3) is 0.188. The van der Waals surface area contributed by atoms with Gasteiger partial charge < -0.3 is 9.47 Å². The van der Waals surface area contributed by atoms with Crippen LogP contribution in [0.5, 0.6) is 11.5 Å². The molecule has 3 nitrogen and oxygen atoms in total. The highest BCUT2D eigenvalue weighted by atomic mass is 32.2. The fourth-order valence-electron chi connectivity index (χ4n) is 2.00. The molecule has 1 aliphatic rings. The first kappa shape index (κ1) is 13.1. The van der Waals surface area contributed by atoms with Gasteiger partial charge in [-0.25, -0.2) is 0 Å². The van der Waals surface area contributed by atoms with Crippen LogP contribution in [-0.2, 0) is 0 Å². The monoisotopic (exact) mass is 286 g/mol. The summed E-state index contributed by atoms with van der Waals surface area (Å²) in [6, 6.07) is 15.6. The number of hydrogen-bond donors (Lipinski definition) is 0. The van der Waals surface area contributed by atoms with Gasteiger partial charge in [0.05, 0.1) is 12.2 Å². The van der Waals surface area contributed by atoms with Crippen molar-refractivity contribution in [2.24, 2.45) is 0 Å². The molecule has 1 heterocycles. The van der Waals surface area contributed by atoms with Crippen molar-refractivity contribution in [1.29, 1.82) is 0 Å². The van der Waals surface area contributed by atoms with Crippen LogP contribution in [0.15, 0.2) is 53.4 Å². The summed E-state index contributed by atoms with van der Waals surface area (Å²) < 4.78 is 11.0. The lowest BCUT2D eigenvalue weighted by Crippen LogP contribution is -2.00. The Labute approximate surface area is 121 Å². The molecule has 0 saturated heterocycles. The molecule has 0 unspecified atom stereocenters. The number of hydrogen-bond acceptors (Lipinski definition) is 4. The van der Waals surface area contributed by atoms with Crippen LogP contribution in [0, 0.1) is 0 Å². The maximum Gasteiger partial charge on any atom is 0.203 e. The minimum absolute atomic E-state index is 0.0335. The smallest absolute Gasteiger partial charge is 0.203 e. The van der Waals surface area contributed by atoms with Gasteiger partial charge >= 0.3 is 0 Å². The Bertz CT molecular complexity index is 610. The Morgan fingerprint density at radius 3 is 2.85 bits per heavy atom. The summed E-state index contributed by atoms with van der Waals surface area (Å²) in [6.07, 6.45) is 0. The molecule has 0 aliphatic carbocycles. The first-order chi connectivity index (χ1) is 9.83. The van der Waals surface area contributed by atoms with E-state index in [1.54, 1.807) is 23.9 Å². The second-order valence-electron chi connectivity index (χ2n) is 4.38. The van der Waals surface area contributed by atoms with Gasteiger partial charge in [-0.3, -0.25) is 4.79 Å². The Balaban J connectivity index is 1.51. The minimum atomic E-state index is 0.0335. The maximum absolute atomic E-state index is 11.4. The summed E-state index contributed by atoms with van der Waals surface area (Å²) in [5.74, 6) is 2.28. The molecule has 1 aliphatic heterocycles. The highest BCUT2D eigenvalue weighted by Gasteiger charge is 2.21. The quantitative estimate of drug-likeness (QED) is 0.623. The molecular weight excluding hydrogens is 272 g/mol. The average Bonchev–Trinajstić information content (AvgIpc) is 2.86. The van der Waals surface area contributed by atoms with E-state index in [1.165, 1.54) is 4.90 Å². The van der Waals surface area contributed by atoms with E-state index in [1.807, 2.05) is 24.3 Å². The highest BCUT2D eigenvalue weighted by molar-refractivity contribution is 7.99. The molecule has 2 aromatic rings. The van der Waals surface area contributed by atoms with Gasteiger partial charge in [0.1, 0.15) is 11.5 Å². The Morgan fingerprint density at radius 2 is 2.00 bits per heavy atom. The van der Waals surface area contributed by atoms with Gasteiger partial charge in [0, 0.05) is 16.7 Å². The summed E-state index contributed by atoms with van der Waals surface area (Å²) in [5, 5.41) is 0. The summed E-state index contributed by atoms with van der Waals surface area (Å²) in [6.45, 7) is 0.759. The number of rotatable bonds is 5. The van der Waals surface area contributed by atoms with E-state index in [9.17, 15) is 4.79 Å². The van der Waals surface area contributed by atoms with Crippen molar-refractivity contribution in [3.63, 3.8) is 0 Å². The molecule has 0 aromatic heterocycles. The van der Waals surface area contributed by atoms with Crippen LogP contribution in [0.3, 0.4) is 0 Å². The molecule has 20 heavy (non-hydrogen) atoms. The maximum atomic E-state index is 11.4. The van der Waals surface area contributed by atoms with Gasteiger partial charge in [-0.05, 0) is 24.3 Å². The van der Waals surface area contributed by atoms with Crippen LogP contribution in [-0.4, -0.2) is 24.7 Å². The van der Waals surface area contributed by atoms with Crippen LogP contribution in [0.25, 0.3) is 0 Å². The third-order valence-corrected chi connectivity index (χ3v) is 3.95. The van der Waals surface area contributed by atoms with Gasteiger partial charge in [0.2, 0.25) is 5.78 Å². The largest absolute Gasteiger partial charge is 0.493 e. The molecule has 0 spiro atoms. The van der Waals surface area contributed by atoms with Gasteiger partial charge in [-0.15, -0.1) is 11.8 Å². The number of fused-ring (bicyclic) bond motifs is 1. The number of ether oxygens (including phenoxy) is 2. The second kappa shape index (κ2) is 6.01. The van der Waals surface area contributed by atoms with Gasteiger partial charge in [0.25, 0.3) is 0 Å². The number of carbonyl (C=O) groups excluding carboxylic acids is 1. The van der Waals surface area contributed by atoms with Crippen molar-refractivity contribution in [2.75, 3.05) is 19.0 Å². The highest BCUT2D eigenvalue weighted by Crippen LogP contribution is 2.29. The molecule has 0 radical (unpaired) electrons. The van der Waals surface area contributed by atoms with Crippen molar-refractivity contribution in [3.8, 4) is 11.5 Å². The molecule has 0 amide bonds. The lowest BCUT2D eigenvalue weighted by Gasteiger charge is -2.07. The number of ketones is 1. The van der Waals surface area contributed by atoms with Crippen LogP contribution < -0.4 is 9.47 Å². The van der Waals surface area contributed by atoms with E-state index in [4.69, 9.17) is 9.47 Å². The zero-order valence-corrected chi connectivity index (χ0v) is 11.7. The van der Waals surface area contributed by atoms with Crippen molar-refractivity contribution >= 4 is 17.5 Å². The lowest BCUT2D eigenvalue weighted by atomic mass is 10.1. The van der Waals surface area contributed by atoms with E-state index in [2.05, 4.69) is 12.1 Å². The van der Waals surface area contributed by atoms with E-state index < -0.39 is 0 Å². The molecule has 4 heteroatoms. The second-order valence-corrected chi connectivity index (χ2v) is 5.55. The summed E-state index contributed by atoms with van der Waals surface area (Å²) >= 11 is 1.76. The predicted molar refractivity (Wildman–Crippen MR) is 78.9 cm³/mol. The molecular formula is C16H14O3S. The van der Waals surface area contributed by atoms with E-state index in [-0.39, 0.29) is 12.4 Å². The van der Waals surface area contributed by atoms with Crippen LogP contribution in [0.1, 0.15) is 10.4 Å². The number of thioether (sulfide) groups is 1. The molecule has 0 N–H and O–H groups in total. The zero-order chi connectivity index (χ0) is 13.8. The lowest BCUT2D eigenvalue weighted by molar-refractivity contribution is 0.0961. The number of carbonyl (C=O) groups is 1. The average molecular weight is 286 g/mol. The molecule has 0 fully saturated rings. The normalized spacial score (nSPS) is 12.9. The third-order valence-electron chi connectivity index (χ3n) is 2.98. The summed E-state index contributed by atoms with van der Waals surface area (Å²) in [7, 11) is 0. The summed E-state index contributed by atoms with van der Waals surface area (Å²) in [5.41, 5.74) is 0.649. The predicted octanol–water partition coefficient (Wildman–Crippen LogP) is 3.43. The minimum Gasteiger partial charge on any atom is -0.493 e. The van der Waals surface area contributed by atoms with Crippen molar-refractivity contribution in [1.82, 2.24) is 0 Å². The van der Waals surface area contributed by atoms with E-state index in [0.717, 1.165) is 11.5 Å². The molecule has 0 saturated carbocycles. The molecule has 102 valence electrons. The van der Waals surface area contributed by atoms with E-state index >= 15 is 0 Å². The summed E-state index contributed by atoms with van der Waals surface area (Å²) in [4.78, 5) is 12.7. The fourth-order valence-corrected chi connectivity index (χ4v) is 2.75. The van der Waals surface area contributed by atoms with E-state index in [0.29, 0.717) is 17.9 Å². The Morgan fingerprint density at radius 1 is 1.15 bits per heavy atom. The molecule has 0 bridgehead atoms. The first-order valence-corrected chi connectivity index (χ1v) is 7.42. The first-order valence-electron chi connectivity index (χ1n) is 6.43. The van der Waals surface area contributed by atoms with Gasteiger partial charge in [0.15, 0.2) is 6.61 Å². The third kappa shape index (κ3) is 2.96. The van der Waals surface area contributed by atoms with Crippen molar-refractivity contribution in [2.45, 2.75) is 4.90 Å². The van der Waals surface area contributed by atoms with Crippen molar-refractivity contribution in [3.05, 3.63) is 54.1 Å². The van der Waals surface area contributed by atoms with Crippen LogP contribution >= 0.6 is 11.8 Å². The SMILES string of the molecule is O=C1COc2cc(OCCSc3ccccc3)ccc21. The molecule has 3 rings (SSSR count). The Kier molecular flexibility index (Phi) is 3.92. The topological polar surface area (TPSA) is 35.5 Å². The molecule has 2 aromatic carbocycles. The number of benzene rings is 2. The molecule has 0 atom stereocenters. The van der Waals surface area contributed by atoms with Crippen LogP contribution in [0.4, 0.5) is 0 Å². The van der Waals surface area contributed by atoms with Crippen molar-refractivity contribution < 1.29 is 14.3 Å². The zero-order valence-electron chi connectivity index (χ0n) is 10.9. The number of Topliss-reactive ketones (excluding diaryl/α,β-unsaturated/α-hetero) is 1. The van der Waals surface area contributed by atoms with Crippen LogP contribution in [0.2, 0.25) is 0 Å².